The third kappa shape index (κ3) is 3.71. The van der Waals surface area contributed by atoms with Crippen molar-refractivity contribution in [2.75, 3.05) is 20.8 Å². The van der Waals surface area contributed by atoms with E-state index in [9.17, 15) is 19.2 Å². The third-order valence-electron chi connectivity index (χ3n) is 4.35. The van der Waals surface area contributed by atoms with Crippen LogP contribution in [-0.2, 0) is 16.1 Å². The molecule has 0 unspecified atom stereocenters. The number of imide groups is 1. The van der Waals surface area contributed by atoms with Crippen molar-refractivity contribution in [3.8, 4) is 5.75 Å². The van der Waals surface area contributed by atoms with Crippen molar-refractivity contribution >= 4 is 23.7 Å². The molecule has 1 aliphatic heterocycles. The largest absolute Gasteiger partial charge is 0.497 e. The summed E-state index contributed by atoms with van der Waals surface area (Å²) in [5.41, 5.74) is 1.34. The molecule has 0 bridgehead atoms. The lowest BCUT2D eigenvalue weighted by atomic mass is 10.1. The van der Waals surface area contributed by atoms with E-state index in [0.717, 1.165) is 10.5 Å². The van der Waals surface area contributed by atoms with Crippen molar-refractivity contribution in [3.05, 3.63) is 64.7 Å². The molecule has 2 aromatic carbocycles. The number of carbonyl (C=O) groups is 4. The number of hydrogen-bond acceptors (Lipinski definition) is 6. The predicted molar refractivity (Wildman–Crippen MR) is 98.0 cm³/mol. The van der Waals surface area contributed by atoms with Crippen LogP contribution in [0.4, 0.5) is 0 Å². The molecule has 0 saturated carbocycles. The molecule has 3 rings (SSSR count). The zero-order valence-corrected chi connectivity index (χ0v) is 15.4. The first-order valence-corrected chi connectivity index (χ1v) is 8.42. The van der Waals surface area contributed by atoms with Crippen LogP contribution in [-0.4, -0.2) is 49.4 Å². The molecule has 0 aliphatic carbocycles. The molecule has 0 spiro atoms. The number of nitrogens with zero attached hydrogens (tertiary/aromatic N) is 1. The maximum absolute atomic E-state index is 12.7. The Labute approximate surface area is 161 Å². The lowest BCUT2D eigenvalue weighted by Crippen LogP contribution is -2.30. The lowest BCUT2D eigenvalue weighted by Gasteiger charge is -2.14. The molecule has 2 aromatic rings. The summed E-state index contributed by atoms with van der Waals surface area (Å²) in [6, 6.07) is 11.3. The Morgan fingerprint density at radius 2 is 1.64 bits per heavy atom. The van der Waals surface area contributed by atoms with Crippen LogP contribution in [0.25, 0.3) is 0 Å². The first kappa shape index (κ1) is 19.1. The molecule has 0 fully saturated rings. The summed E-state index contributed by atoms with van der Waals surface area (Å²) in [6.07, 6.45) is 0. The fourth-order valence-electron chi connectivity index (χ4n) is 2.82. The highest BCUT2D eigenvalue weighted by Crippen LogP contribution is 2.26. The monoisotopic (exact) mass is 382 g/mol. The summed E-state index contributed by atoms with van der Waals surface area (Å²) in [5, 5.41) is 2.39. The van der Waals surface area contributed by atoms with Crippen molar-refractivity contribution in [1.29, 1.82) is 0 Å². The number of amides is 3. The SMILES string of the molecule is COC(=O)CNC(=O)c1ccc2c(c1)C(=O)N(Cc1ccc(OC)cc1)C2=O. The highest BCUT2D eigenvalue weighted by molar-refractivity contribution is 6.22. The van der Waals surface area contributed by atoms with Crippen LogP contribution in [0.5, 0.6) is 5.75 Å². The number of rotatable bonds is 6. The van der Waals surface area contributed by atoms with Crippen LogP contribution in [0.3, 0.4) is 0 Å². The summed E-state index contributed by atoms with van der Waals surface area (Å²) in [7, 11) is 2.77. The zero-order chi connectivity index (χ0) is 20.3. The van der Waals surface area contributed by atoms with Gasteiger partial charge in [-0.3, -0.25) is 24.1 Å². The smallest absolute Gasteiger partial charge is 0.325 e. The number of ether oxygens (including phenoxy) is 2. The average molecular weight is 382 g/mol. The van der Waals surface area contributed by atoms with Crippen LogP contribution >= 0.6 is 0 Å². The van der Waals surface area contributed by atoms with Gasteiger partial charge in [0.15, 0.2) is 0 Å². The molecule has 28 heavy (non-hydrogen) atoms. The van der Waals surface area contributed by atoms with E-state index in [0.29, 0.717) is 5.75 Å². The number of fused-ring (bicyclic) bond motifs is 1. The van der Waals surface area contributed by atoms with E-state index < -0.39 is 23.7 Å². The quantitative estimate of drug-likeness (QED) is 0.598. The first-order valence-electron chi connectivity index (χ1n) is 8.42. The molecule has 1 N–H and O–H groups in total. The number of carbonyl (C=O) groups excluding carboxylic acids is 4. The van der Waals surface area contributed by atoms with Crippen molar-refractivity contribution in [3.63, 3.8) is 0 Å². The van der Waals surface area contributed by atoms with Crippen LogP contribution in [0.1, 0.15) is 36.6 Å². The van der Waals surface area contributed by atoms with Crippen LogP contribution in [0.2, 0.25) is 0 Å². The maximum Gasteiger partial charge on any atom is 0.325 e. The molecule has 1 aliphatic rings. The average Bonchev–Trinajstić information content (AvgIpc) is 2.96. The van der Waals surface area contributed by atoms with Crippen LogP contribution in [0.15, 0.2) is 42.5 Å². The van der Waals surface area contributed by atoms with E-state index in [4.69, 9.17) is 4.74 Å². The minimum Gasteiger partial charge on any atom is -0.497 e. The van der Waals surface area contributed by atoms with E-state index in [-0.39, 0.29) is 29.8 Å². The Balaban J connectivity index is 1.77. The van der Waals surface area contributed by atoms with Crippen molar-refractivity contribution in [2.24, 2.45) is 0 Å². The molecule has 0 atom stereocenters. The van der Waals surface area contributed by atoms with Crippen molar-refractivity contribution in [2.45, 2.75) is 6.54 Å². The zero-order valence-electron chi connectivity index (χ0n) is 15.4. The molecule has 144 valence electrons. The summed E-state index contributed by atoms with van der Waals surface area (Å²) >= 11 is 0. The van der Waals surface area contributed by atoms with Crippen LogP contribution < -0.4 is 10.1 Å². The van der Waals surface area contributed by atoms with Crippen molar-refractivity contribution < 1.29 is 28.7 Å². The maximum atomic E-state index is 12.7. The van der Waals surface area contributed by atoms with E-state index in [1.165, 1.54) is 25.3 Å². The van der Waals surface area contributed by atoms with Gasteiger partial charge in [-0.1, -0.05) is 12.1 Å². The second-order valence-electron chi connectivity index (χ2n) is 6.06. The van der Waals surface area contributed by atoms with Gasteiger partial charge in [-0.05, 0) is 35.9 Å². The second kappa shape index (κ2) is 7.91. The molecule has 0 radical (unpaired) electrons. The summed E-state index contributed by atoms with van der Waals surface area (Å²) in [5.74, 6) is -1.35. The number of nitrogens with one attached hydrogen (secondary N) is 1. The van der Waals surface area contributed by atoms with Gasteiger partial charge in [0, 0.05) is 5.56 Å². The predicted octanol–water partition coefficient (Wildman–Crippen LogP) is 1.39. The Morgan fingerprint density at radius 3 is 2.29 bits per heavy atom. The number of hydrogen-bond donors (Lipinski definition) is 1. The lowest BCUT2D eigenvalue weighted by molar-refractivity contribution is -0.139. The van der Waals surface area contributed by atoms with E-state index in [1.807, 2.05) is 0 Å². The van der Waals surface area contributed by atoms with E-state index in [2.05, 4.69) is 10.1 Å². The standard InChI is InChI=1S/C20H18N2O6/c1-27-14-6-3-12(4-7-14)11-22-19(25)15-8-5-13(9-16(15)20(22)26)18(24)21-10-17(23)28-2/h3-9H,10-11H2,1-2H3,(H,21,24). The Bertz CT molecular complexity index is 952. The minimum absolute atomic E-state index is 0.111. The van der Waals surface area contributed by atoms with Gasteiger partial charge in [-0.2, -0.15) is 0 Å². The van der Waals surface area contributed by atoms with Gasteiger partial charge < -0.3 is 14.8 Å². The summed E-state index contributed by atoms with van der Waals surface area (Å²) in [6.45, 7) is -0.177. The minimum atomic E-state index is -0.591. The number of esters is 1. The Hall–Kier alpha value is -3.68. The van der Waals surface area contributed by atoms with Gasteiger partial charge in [0.2, 0.25) is 0 Å². The second-order valence-corrected chi connectivity index (χ2v) is 6.06. The van der Waals surface area contributed by atoms with Gasteiger partial charge in [0.05, 0.1) is 31.9 Å². The van der Waals surface area contributed by atoms with E-state index >= 15 is 0 Å². The van der Waals surface area contributed by atoms with Crippen molar-refractivity contribution in [1.82, 2.24) is 10.2 Å². The highest BCUT2D eigenvalue weighted by Gasteiger charge is 2.36. The Kier molecular flexibility index (Phi) is 5.39. The molecule has 8 nitrogen and oxygen atoms in total. The van der Waals surface area contributed by atoms with E-state index in [1.54, 1.807) is 31.4 Å². The molecule has 0 saturated heterocycles. The molecular formula is C20H18N2O6. The molecule has 8 heteroatoms. The molecule has 1 heterocycles. The summed E-state index contributed by atoms with van der Waals surface area (Å²) in [4.78, 5) is 49.7. The normalized spacial score (nSPS) is 12.6. The van der Waals surface area contributed by atoms with Crippen LogP contribution in [0, 0.1) is 0 Å². The van der Waals surface area contributed by atoms with Gasteiger partial charge in [0.1, 0.15) is 12.3 Å². The summed E-state index contributed by atoms with van der Waals surface area (Å²) < 4.78 is 9.56. The molecule has 3 amide bonds. The van der Waals surface area contributed by atoms with Gasteiger partial charge in [-0.25, -0.2) is 0 Å². The fourth-order valence-corrected chi connectivity index (χ4v) is 2.82. The fraction of sp³-hybridized carbons (Fsp3) is 0.200. The molecular weight excluding hydrogens is 364 g/mol. The molecule has 0 aromatic heterocycles. The topological polar surface area (TPSA) is 102 Å². The third-order valence-corrected chi connectivity index (χ3v) is 4.35. The van der Waals surface area contributed by atoms with Gasteiger partial charge in [-0.15, -0.1) is 0 Å². The highest BCUT2D eigenvalue weighted by atomic mass is 16.5. The first-order chi connectivity index (χ1) is 13.4. The van der Waals surface area contributed by atoms with Gasteiger partial charge >= 0.3 is 5.97 Å². The Morgan fingerprint density at radius 1 is 0.964 bits per heavy atom. The van der Waals surface area contributed by atoms with Gasteiger partial charge in [0.25, 0.3) is 17.7 Å². The number of benzene rings is 2. The number of methoxy groups -OCH3 is 2.